The summed E-state index contributed by atoms with van der Waals surface area (Å²) in [6.45, 7) is 5.74. The molecule has 168 valence electrons. The van der Waals surface area contributed by atoms with E-state index in [1.807, 2.05) is 31.2 Å². The molecule has 0 saturated heterocycles. The van der Waals surface area contributed by atoms with E-state index in [0.717, 1.165) is 11.1 Å². The number of ether oxygens (including phenoxy) is 1. The maximum atomic E-state index is 13.4. The molecule has 3 aromatic rings. The molecule has 0 bridgehead atoms. The van der Waals surface area contributed by atoms with E-state index in [1.54, 1.807) is 26.1 Å². The van der Waals surface area contributed by atoms with Crippen molar-refractivity contribution in [1.29, 1.82) is 0 Å². The first-order chi connectivity index (χ1) is 15.2. The number of carbonyl (C=O) groups is 2. The van der Waals surface area contributed by atoms with E-state index in [0.29, 0.717) is 17.8 Å². The largest absolute Gasteiger partial charge is 0.449 e. The van der Waals surface area contributed by atoms with Crippen molar-refractivity contribution in [2.75, 3.05) is 7.05 Å². The fourth-order valence-electron chi connectivity index (χ4n) is 3.32. The van der Waals surface area contributed by atoms with Crippen LogP contribution in [0.4, 0.5) is 4.39 Å². The first-order valence-electron chi connectivity index (χ1n) is 10.1. The zero-order chi connectivity index (χ0) is 23.4. The Bertz CT molecular complexity index is 1130. The Kier molecular flexibility index (Phi) is 7.30. The van der Waals surface area contributed by atoms with E-state index in [4.69, 9.17) is 16.3 Å². The Morgan fingerprint density at radius 1 is 1.16 bits per heavy atom. The van der Waals surface area contributed by atoms with Crippen LogP contribution in [0.15, 0.2) is 48.5 Å². The number of benzene rings is 2. The van der Waals surface area contributed by atoms with Gasteiger partial charge in [0, 0.05) is 13.6 Å². The van der Waals surface area contributed by atoms with Gasteiger partial charge in [-0.1, -0.05) is 53.6 Å². The van der Waals surface area contributed by atoms with Crippen LogP contribution in [-0.2, 0) is 22.6 Å². The molecule has 0 radical (unpaired) electrons. The number of halogens is 2. The number of carbonyl (C=O) groups excluding carboxylic acids is 2. The number of esters is 1. The highest BCUT2D eigenvalue weighted by Crippen LogP contribution is 2.23. The van der Waals surface area contributed by atoms with Crippen molar-refractivity contribution in [1.82, 2.24) is 14.7 Å². The minimum atomic E-state index is -1.04. The van der Waals surface area contributed by atoms with Crippen molar-refractivity contribution >= 4 is 23.5 Å². The van der Waals surface area contributed by atoms with Crippen LogP contribution in [0.3, 0.4) is 0 Å². The highest BCUT2D eigenvalue weighted by Gasteiger charge is 2.27. The Hall–Kier alpha value is -3.19. The molecule has 0 aliphatic heterocycles. The maximum absolute atomic E-state index is 13.4. The van der Waals surface area contributed by atoms with Gasteiger partial charge in [-0.15, -0.1) is 0 Å². The van der Waals surface area contributed by atoms with Crippen LogP contribution < -0.4 is 0 Å². The quantitative estimate of drug-likeness (QED) is 0.488. The van der Waals surface area contributed by atoms with Gasteiger partial charge in [-0.25, -0.2) is 13.9 Å². The number of hydrogen-bond acceptors (Lipinski definition) is 4. The van der Waals surface area contributed by atoms with Crippen LogP contribution in [0, 0.1) is 19.7 Å². The van der Waals surface area contributed by atoms with Gasteiger partial charge in [-0.2, -0.15) is 5.10 Å². The summed E-state index contributed by atoms with van der Waals surface area (Å²) in [6, 6.07) is 13.9. The Morgan fingerprint density at radius 3 is 2.50 bits per heavy atom. The predicted octanol–water partition coefficient (Wildman–Crippen LogP) is 4.54. The van der Waals surface area contributed by atoms with Crippen LogP contribution in [0.2, 0.25) is 5.15 Å². The number of amides is 1. The topological polar surface area (TPSA) is 64.4 Å². The zero-order valence-corrected chi connectivity index (χ0v) is 19.2. The zero-order valence-electron chi connectivity index (χ0n) is 18.4. The summed E-state index contributed by atoms with van der Waals surface area (Å²) in [7, 11) is 1.56. The Morgan fingerprint density at radius 2 is 1.84 bits per heavy atom. The van der Waals surface area contributed by atoms with E-state index < -0.39 is 18.0 Å². The summed E-state index contributed by atoms with van der Waals surface area (Å²) in [6.07, 6.45) is -1.04. The second-order valence-corrected chi connectivity index (χ2v) is 8.12. The third kappa shape index (κ3) is 5.53. The van der Waals surface area contributed by atoms with E-state index in [9.17, 15) is 14.0 Å². The van der Waals surface area contributed by atoms with Crippen molar-refractivity contribution in [2.24, 2.45) is 0 Å². The van der Waals surface area contributed by atoms with Gasteiger partial charge in [-0.05, 0) is 44.0 Å². The van der Waals surface area contributed by atoms with Gasteiger partial charge < -0.3 is 9.64 Å². The van der Waals surface area contributed by atoms with Crippen molar-refractivity contribution in [3.63, 3.8) is 0 Å². The number of rotatable bonds is 7. The number of aromatic nitrogens is 2. The first-order valence-corrected chi connectivity index (χ1v) is 10.5. The molecule has 32 heavy (non-hydrogen) atoms. The molecule has 0 aliphatic rings. The first kappa shape index (κ1) is 23.5. The summed E-state index contributed by atoms with van der Waals surface area (Å²) < 4.78 is 20.3. The average Bonchev–Trinajstić information content (AvgIpc) is 3.02. The van der Waals surface area contributed by atoms with Crippen LogP contribution in [0.1, 0.15) is 39.7 Å². The van der Waals surface area contributed by atoms with E-state index in [-0.39, 0.29) is 23.1 Å². The van der Waals surface area contributed by atoms with Crippen LogP contribution in [-0.4, -0.2) is 39.7 Å². The SMILES string of the molecule is Cc1ccc(Cn2nc(C)c(C(=O)OC(C)C(=O)N(C)Cc3cccc(F)c3)c2Cl)cc1. The molecule has 1 amide bonds. The summed E-state index contributed by atoms with van der Waals surface area (Å²) >= 11 is 6.42. The molecule has 0 N–H and O–H groups in total. The fourth-order valence-corrected chi connectivity index (χ4v) is 3.64. The summed E-state index contributed by atoms with van der Waals surface area (Å²) in [5, 5.41) is 4.51. The number of aryl methyl sites for hydroxylation is 2. The van der Waals surface area contributed by atoms with Gasteiger partial charge in [0.05, 0.1) is 12.2 Å². The molecule has 0 aliphatic carbocycles. The molecule has 8 heteroatoms. The normalized spacial score (nSPS) is 11.8. The third-order valence-electron chi connectivity index (χ3n) is 5.04. The average molecular weight is 458 g/mol. The molecule has 3 rings (SSSR count). The number of likely N-dealkylation sites (N-methyl/N-ethyl adjacent to an activating group) is 1. The second kappa shape index (κ2) is 9.96. The lowest BCUT2D eigenvalue weighted by Gasteiger charge is -2.21. The molecule has 1 unspecified atom stereocenters. The highest BCUT2D eigenvalue weighted by atomic mass is 35.5. The molecule has 1 aromatic heterocycles. The minimum Gasteiger partial charge on any atom is -0.449 e. The predicted molar refractivity (Wildman–Crippen MR) is 120 cm³/mol. The van der Waals surface area contributed by atoms with Crippen LogP contribution in [0.25, 0.3) is 0 Å². The monoisotopic (exact) mass is 457 g/mol. The van der Waals surface area contributed by atoms with Crippen molar-refractivity contribution in [3.05, 3.63) is 87.4 Å². The van der Waals surface area contributed by atoms with Crippen LogP contribution in [0.5, 0.6) is 0 Å². The standard InChI is InChI=1S/C24H25ClFN3O3/c1-15-8-10-18(11-9-15)14-29-22(25)21(16(2)27-29)24(31)32-17(3)23(30)28(4)13-19-6-5-7-20(26)12-19/h5-12,17H,13-14H2,1-4H3. The smallest absolute Gasteiger partial charge is 0.343 e. The van der Waals surface area contributed by atoms with E-state index in [1.165, 1.54) is 28.6 Å². The fraction of sp³-hybridized carbons (Fsp3) is 0.292. The minimum absolute atomic E-state index is 0.131. The lowest BCUT2D eigenvalue weighted by Crippen LogP contribution is -2.37. The van der Waals surface area contributed by atoms with Crippen molar-refractivity contribution in [2.45, 2.75) is 40.0 Å². The molecular formula is C24H25ClFN3O3. The Labute approximate surface area is 191 Å². The molecule has 0 fully saturated rings. The lowest BCUT2D eigenvalue weighted by atomic mass is 10.1. The molecule has 0 spiro atoms. The number of nitrogens with zero attached hydrogens (tertiary/aromatic N) is 3. The molecule has 1 atom stereocenters. The highest BCUT2D eigenvalue weighted by molar-refractivity contribution is 6.32. The molecule has 2 aromatic carbocycles. The van der Waals surface area contributed by atoms with Gasteiger partial charge in [0.25, 0.3) is 5.91 Å². The van der Waals surface area contributed by atoms with Gasteiger partial charge in [-0.3, -0.25) is 4.79 Å². The third-order valence-corrected chi connectivity index (χ3v) is 5.42. The van der Waals surface area contributed by atoms with Crippen molar-refractivity contribution in [3.8, 4) is 0 Å². The van der Waals surface area contributed by atoms with Gasteiger partial charge in [0.15, 0.2) is 6.10 Å². The lowest BCUT2D eigenvalue weighted by molar-refractivity contribution is -0.139. The molecule has 6 nitrogen and oxygen atoms in total. The van der Waals surface area contributed by atoms with E-state index in [2.05, 4.69) is 5.10 Å². The van der Waals surface area contributed by atoms with Crippen LogP contribution >= 0.6 is 11.6 Å². The van der Waals surface area contributed by atoms with Gasteiger partial charge in [0.1, 0.15) is 16.5 Å². The molecule has 0 saturated carbocycles. The summed E-state index contributed by atoms with van der Waals surface area (Å²) in [5.41, 5.74) is 3.31. The summed E-state index contributed by atoms with van der Waals surface area (Å²) in [4.78, 5) is 26.8. The summed E-state index contributed by atoms with van der Waals surface area (Å²) in [5.74, 6) is -1.51. The van der Waals surface area contributed by atoms with Crippen molar-refractivity contribution < 1.29 is 18.7 Å². The molecule has 1 heterocycles. The molecular weight excluding hydrogens is 433 g/mol. The second-order valence-electron chi connectivity index (χ2n) is 7.77. The van der Waals surface area contributed by atoms with Gasteiger partial charge in [0.2, 0.25) is 0 Å². The van der Waals surface area contributed by atoms with E-state index >= 15 is 0 Å². The Balaban J connectivity index is 1.67. The number of hydrogen-bond donors (Lipinski definition) is 0. The maximum Gasteiger partial charge on any atom is 0.343 e. The van der Waals surface area contributed by atoms with Gasteiger partial charge >= 0.3 is 5.97 Å².